The summed E-state index contributed by atoms with van der Waals surface area (Å²) in [5.41, 5.74) is 1.08. The van der Waals surface area contributed by atoms with E-state index in [0.29, 0.717) is 0 Å². The summed E-state index contributed by atoms with van der Waals surface area (Å²) < 4.78 is 12.8. The number of halogens is 1. The van der Waals surface area contributed by atoms with Gasteiger partial charge in [0, 0.05) is 12.2 Å². The Bertz CT molecular complexity index is 561. The number of benzene rings is 1. The molecular weight excluding hydrogens is 285 g/mol. The number of nitrogens with one attached hydrogen (secondary N) is 1. The number of nitrogens with zero attached hydrogens (tertiary/aromatic N) is 2. The highest BCUT2D eigenvalue weighted by molar-refractivity contribution is 7.98. The summed E-state index contributed by atoms with van der Waals surface area (Å²) in [5.74, 6) is 2.44. The van der Waals surface area contributed by atoms with Crippen LogP contribution in [0.3, 0.4) is 0 Å². The van der Waals surface area contributed by atoms with Gasteiger partial charge in [-0.3, -0.25) is 5.10 Å². The second-order valence-corrected chi connectivity index (χ2v) is 6.61. The number of H-pyrrole nitrogens is 1. The number of hydrogen-bond donors (Lipinski definition) is 1. The Morgan fingerprint density at radius 3 is 2.71 bits per heavy atom. The quantitative estimate of drug-likeness (QED) is 0.806. The van der Waals surface area contributed by atoms with Gasteiger partial charge in [0.05, 0.1) is 0 Å². The van der Waals surface area contributed by atoms with Crippen LogP contribution in [0.4, 0.5) is 4.39 Å². The number of aromatic nitrogens is 3. The molecule has 0 spiro atoms. The van der Waals surface area contributed by atoms with E-state index in [4.69, 9.17) is 0 Å². The van der Waals surface area contributed by atoms with Crippen LogP contribution in [0.1, 0.15) is 43.5 Å². The van der Waals surface area contributed by atoms with Crippen LogP contribution in [0.2, 0.25) is 0 Å². The van der Waals surface area contributed by atoms with Crippen LogP contribution in [0, 0.1) is 11.7 Å². The smallest absolute Gasteiger partial charge is 0.208 e. The first kappa shape index (κ1) is 14.6. The first-order chi connectivity index (χ1) is 10.3. The molecule has 112 valence electrons. The molecule has 2 aromatic rings. The van der Waals surface area contributed by atoms with Gasteiger partial charge < -0.3 is 0 Å². The van der Waals surface area contributed by atoms with Crippen molar-refractivity contribution in [2.45, 2.75) is 49.4 Å². The average Bonchev–Trinajstić information content (AvgIpc) is 3.16. The monoisotopic (exact) mass is 305 g/mol. The van der Waals surface area contributed by atoms with Gasteiger partial charge >= 0.3 is 0 Å². The minimum Gasteiger partial charge on any atom is -0.262 e. The standard InChI is InChI=1S/C16H20FN3S/c17-14-8-5-13(6-9-14)11-21-16-18-15(19-20-16)10-7-12-3-1-2-4-12/h5-6,8-9,12H,1-4,7,10-11H2,(H,18,19,20). The third-order valence-corrected chi connectivity index (χ3v) is 4.97. The summed E-state index contributed by atoms with van der Waals surface area (Å²) in [6.45, 7) is 0. The van der Waals surface area contributed by atoms with Gasteiger partial charge in [-0.15, -0.1) is 5.10 Å². The molecule has 0 unspecified atom stereocenters. The zero-order valence-electron chi connectivity index (χ0n) is 12.0. The molecule has 0 atom stereocenters. The third-order valence-electron chi connectivity index (χ3n) is 4.06. The van der Waals surface area contributed by atoms with E-state index >= 15 is 0 Å². The Kier molecular flexibility index (Phi) is 4.91. The van der Waals surface area contributed by atoms with Crippen molar-refractivity contribution in [1.29, 1.82) is 0 Å². The molecule has 1 aromatic carbocycles. The highest BCUT2D eigenvalue weighted by Crippen LogP contribution is 2.28. The van der Waals surface area contributed by atoms with Crippen LogP contribution in [-0.2, 0) is 12.2 Å². The molecule has 0 saturated heterocycles. The number of rotatable bonds is 6. The second-order valence-electron chi connectivity index (χ2n) is 5.67. The molecule has 0 aliphatic heterocycles. The van der Waals surface area contributed by atoms with E-state index in [2.05, 4.69) is 15.2 Å². The molecular formula is C16H20FN3S. The lowest BCUT2D eigenvalue weighted by molar-refractivity contribution is 0.497. The largest absolute Gasteiger partial charge is 0.262 e. The molecule has 1 fully saturated rings. The molecule has 0 bridgehead atoms. The van der Waals surface area contributed by atoms with E-state index in [9.17, 15) is 4.39 Å². The minimum atomic E-state index is -0.198. The minimum absolute atomic E-state index is 0.198. The maximum absolute atomic E-state index is 12.8. The highest BCUT2D eigenvalue weighted by Gasteiger charge is 2.15. The van der Waals surface area contributed by atoms with Gasteiger partial charge in [-0.25, -0.2) is 9.37 Å². The predicted octanol–water partition coefficient (Wildman–Crippen LogP) is 4.36. The summed E-state index contributed by atoms with van der Waals surface area (Å²) in [5, 5.41) is 8.06. The number of hydrogen-bond acceptors (Lipinski definition) is 3. The number of thioether (sulfide) groups is 1. The van der Waals surface area contributed by atoms with Crippen molar-refractivity contribution in [3.8, 4) is 0 Å². The molecule has 1 saturated carbocycles. The van der Waals surface area contributed by atoms with Gasteiger partial charge in [0.2, 0.25) is 5.16 Å². The second kappa shape index (κ2) is 7.07. The van der Waals surface area contributed by atoms with Gasteiger partial charge in [0.25, 0.3) is 0 Å². The van der Waals surface area contributed by atoms with Crippen molar-refractivity contribution in [1.82, 2.24) is 15.2 Å². The summed E-state index contributed by atoms with van der Waals surface area (Å²) in [6, 6.07) is 6.58. The van der Waals surface area contributed by atoms with Crippen molar-refractivity contribution in [2.75, 3.05) is 0 Å². The number of aryl methyl sites for hydroxylation is 1. The molecule has 1 heterocycles. The van der Waals surface area contributed by atoms with Crippen LogP contribution < -0.4 is 0 Å². The topological polar surface area (TPSA) is 41.6 Å². The molecule has 0 amide bonds. The fourth-order valence-electron chi connectivity index (χ4n) is 2.82. The van der Waals surface area contributed by atoms with Gasteiger partial charge in [0.15, 0.2) is 0 Å². The first-order valence-electron chi connectivity index (χ1n) is 7.58. The Balaban J connectivity index is 1.46. The van der Waals surface area contributed by atoms with E-state index in [-0.39, 0.29) is 5.82 Å². The maximum Gasteiger partial charge on any atom is 0.208 e. The van der Waals surface area contributed by atoms with E-state index in [0.717, 1.165) is 34.6 Å². The Morgan fingerprint density at radius 2 is 1.95 bits per heavy atom. The highest BCUT2D eigenvalue weighted by atomic mass is 32.2. The summed E-state index contributed by atoms with van der Waals surface area (Å²) in [7, 11) is 0. The summed E-state index contributed by atoms with van der Waals surface area (Å²) in [6.07, 6.45) is 7.74. The fraction of sp³-hybridized carbons (Fsp3) is 0.500. The number of aromatic amines is 1. The van der Waals surface area contributed by atoms with E-state index in [1.165, 1.54) is 44.2 Å². The normalized spacial score (nSPS) is 15.7. The summed E-state index contributed by atoms with van der Waals surface area (Å²) >= 11 is 1.58. The lowest BCUT2D eigenvalue weighted by atomic mass is 10.0. The van der Waals surface area contributed by atoms with Crippen molar-refractivity contribution in [2.24, 2.45) is 5.92 Å². The van der Waals surface area contributed by atoms with Crippen LogP contribution in [0.25, 0.3) is 0 Å². The van der Waals surface area contributed by atoms with E-state index < -0.39 is 0 Å². The van der Waals surface area contributed by atoms with Crippen molar-refractivity contribution in [3.05, 3.63) is 41.5 Å². The Morgan fingerprint density at radius 1 is 1.19 bits per heavy atom. The molecule has 1 aliphatic rings. The SMILES string of the molecule is Fc1ccc(CSc2n[nH]c(CCC3CCCC3)n2)cc1. The third kappa shape index (κ3) is 4.30. The molecule has 1 N–H and O–H groups in total. The average molecular weight is 305 g/mol. The van der Waals surface area contributed by atoms with Gasteiger partial charge in [-0.1, -0.05) is 49.6 Å². The fourth-order valence-corrected chi connectivity index (χ4v) is 3.60. The van der Waals surface area contributed by atoms with Gasteiger partial charge in [0.1, 0.15) is 11.6 Å². The zero-order valence-corrected chi connectivity index (χ0v) is 12.8. The molecule has 5 heteroatoms. The first-order valence-corrected chi connectivity index (χ1v) is 8.57. The lowest BCUT2D eigenvalue weighted by Crippen LogP contribution is -1.97. The van der Waals surface area contributed by atoms with Crippen LogP contribution in [0.15, 0.2) is 29.4 Å². The van der Waals surface area contributed by atoms with Gasteiger partial charge in [-0.2, -0.15) is 0 Å². The molecule has 21 heavy (non-hydrogen) atoms. The molecule has 3 rings (SSSR count). The maximum atomic E-state index is 12.8. The molecule has 1 aliphatic carbocycles. The molecule has 0 radical (unpaired) electrons. The van der Waals surface area contributed by atoms with E-state index in [1.807, 2.05) is 0 Å². The van der Waals surface area contributed by atoms with Crippen molar-refractivity contribution < 1.29 is 4.39 Å². The zero-order chi connectivity index (χ0) is 14.5. The predicted molar refractivity (Wildman–Crippen MR) is 82.6 cm³/mol. The Labute approximate surface area is 128 Å². The van der Waals surface area contributed by atoms with Crippen molar-refractivity contribution >= 4 is 11.8 Å². The van der Waals surface area contributed by atoms with Crippen molar-refractivity contribution in [3.63, 3.8) is 0 Å². The summed E-state index contributed by atoms with van der Waals surface area (Å²) in [4.78, 5) is 4.53. The van der Waals surface area contributed by atoms with Gasteiger partial charge in [-0.05, 0) is 30.0 Å². The Hall–Kier alpha value is -1.36. The molecule has 1 aromatic heterocycles. The lowest BCUT2D eigenvalue weighted by Gasteiger charge is -2.05. The van der Waals surface area contributed by atoms with Crippen LogP contribution >= 0.6 is 11.8 Å². The molecule has 3 nitrogen and oxygen atoms in total. The van der Waals surface area contributed by atoms with Crippen LogP contribution in [0.5, 0.6) is 0 Å². The van der Waals surface area contributed by atoms with Crippen LogP contribution in [-0.4, -0.2) is 15.2 Å². The van der Waals surface area contributed by atoms with E-state index in [1.54, 1.807) is 23.9 Å².